The standard InChI is InChI=1S/C18H27N7O3S/c1-3-4-5-15(20-2)17(26)24-18-21-10-7-16(23-18)25-12-8-14(9-13-25)6-11-22-29(19,27)28/h3-5,7,10,14,22H,2,6,8-9,11-13H2,1H3,(H2,19,27,28)(H,21,23,24,26)/b4-3-,15-5-. The summed E-state index contributed by atoms with van der Waals surface area (Å²) in [7, 11) is -3.64. The second-order valence-corrected chi connectivity index (χ2v) is 7.97. The number of carbonyl (C=O) groups is 1. The molecule has 10 nitrogen and oxygen atoms in total. The molecule has 2 rings (SSSR count). The van der Waals surface area contributed by atoms with Gasteiger partial charge in [0.2, 0.25) is 5.95 Å². The van der Waals surface area contributed by atoms with E-state index in [1.807, 2.05) is 6.92 Å². The quantitative estimate of drug-likeness (QED) is 0.308. The third-order valence-corrected chi connectivity index (χ3v) is 5.12. The van der Waals surface area contributed by atoms with Gasteiger partial charge in [-0.3, -0.25) is 15.1 Å². The van der Waals surface area contributed by atoms with Crippen molar-refractivity contribution in [3.8, 4) is 0 Å². The number of nitrogens with one attached hydrogen (secondary N) is 2. The van der Waals surface area contributed by atoms with Gasteiger partial charge >= 0.3 is 0 Å². The molecule has 0 radical (unpaired) electrons. The van der Waals surface area contributed by atoms with Crippen molar-refractivity contribution in [2.75, 3.05) is 29.9 Å². The topological polar surface area (TPSA) is 143 Å². The lowest BCUT2D eigenvalue weighted by molar-refractivity contribution is -0.112. The highest BCUT2D eigenvalue weighted by Gasteiger charge is 2.21. The Labute approximate surface area is 171 Å². The first kappa shape index (κ1) is 22.7. The summed E-state index contributed by atoms with van der Waals surface area (Å²) in [5.41, 5.74) is 0.172. The molecule has 1 saturated heterocycles. The molecule has 1 fully saturated rings. The van der Waals surface area contributed by atoms with E-state index in [4.69, 9.17) is 5.14 Å². The number of anilines is 2. The Morgan fingerprint density at radius 2 is 2.17 bits per heavy atom. The minimum atomic E-state index is -3.64. The molecule has 0 bridgehead atoms. The van der Waals surface area contributed by atoms with Gasteiger partial charge in [-0.1, -0.05) is 12.2 Å². The highest BCUT2D eigenvalue weighted by atomic mass is 32.2. The molecule has 1 aromatic heterocycles. The minimum Gasteiger partial charge on any atom is -0.356 e. The number of allylic oxidation sites excluding steroid dienone is 3. The van der Waals surface area contributed by atoms with Gasteiger partial charge in [-0.2, -0.15) is 13.4 Å². The average Bonchev–Trinajstić information content (AvgIpc) is 2.68. The van der Waals surface area contributed by atoms with Crippen LogP contribution in [0, 0.1) is 5.92 Å². The summed E-state index contributed by atoms with van der Waals surface area (Å²) in [4.78, 5) is 26.6. The number of nitrogens with two attached hydrogens (primary N) is 1. The molecule has 29 heavy (non-hydrogen) atoms. The van der Waals surface area contributed by atoms with Crippen LogP contribution in [-0.4, -0.2) is 50.6 Å². The Morgan fingerprint density at radius 1 is 1.45 bits per heavy atom. The van der Waals surface area contributed by atoms with Crippen LogP contribution < -0.4 is 20.1 Å². The predicted molar refractivity (Wildman–Crippen MR) is 114 cm³/mol. The number of hydrogen-bond acceptors (Lipinski definition) is 7. The minimum absolute atomic E-state index is 0.172. The fourth-order valence-corrected chi connectivity index (χ4v) is 3.40. The number of aromatic nitrogens is 2. The van der Waals surface area contributed by atoms with Crippen LogP contribution in [0.15, 0.2) is 41.2 Å². The van der Waals surface area contributed by atoms with E-state index in [0.29, 0.717) is 12.5 Å². The molecule has 1 aliphatic rings. The van der Waals surface area contributed by atoms with Crippen molar-refractivity contribution >= 4 is 34.6 Å². The first-order valence-electron chi connectivity index (χ1n) is 9.29. The number of nitrogens with zero attached hydrogens (tertiary/aromatic N) is 4. The second kappa shape index (κ2) is 10.8. The van der Waals surface area contributed by atoms with Crippen LogP contribution >= 0.6 is 0 Å². The largest absolute Gasteiger partial charge is 0.356 e. The van der Waals surface area contributed by atoms with Crippen molar-refractivity contribution in [1.82, 2.24) is 14.7 Å². The zero-order valence-electron chi connectivity index (χ0n) is 16.4. The summed E-state index contributed by atoms with van der Waals surface area (Å²) >= 11 is 0. The molecule has 1 aromatic rings. The Kier molecular flexibility index (Phi) is 8.43. The van der Waals surface area contributed by atoms with E-state index in [0.717, 1.165) is 38.2 Å². The van der Waals surface area contributed by atoms with Gasteiger partial charge < -0.3 is 4.90 Å². The van der Waals surface area contributed by atoms with Gasteiger partial charge in [-0.25, -0.2) is 14.8 Å². The summed E-state index contributed by atoms with van der Waals surface area (Å²) in [6.07, 6.45) is 9.20. The zero-order valence-corrected chi connectivity index (χ0v) is 17.2. The van der Waals surface area contributed by atoms with Crippen LogP contribution in [0.1, 0.15) is 26.2 Å². The summed E-state index contributed by atoms with van der Waals surface area (Å²) in [6, 6.07) is 1.79. The van der Waals surface area contributed by atoms with Crippen LogP contribution in [0.4, 0.5) is 11.8 Å². The molecule has 0 aliphatic carbocycles. The van der Waals surface area contributed by atoms with Crippen LogP contribution in [0.5, 0.6) is 0 Å². The van der Waals surface area contributed by atoms with E-state index >= 15 is 0 Å². The molecule has 158 valence electrons. The molecular formula is C18H27N7O3S. The molecule has 0 spiro atoms. The Hall–Kier alpha value is -2.63. The molecule has 1 amide bonds. The van der Waals surface area contributed by atoms with Gasteiger partial charge in [0.15, 0.2) is 0 Å². The summed E-state index contributed by atoms with van der Waals surface area (Å²) < 4.78 is 24.2. The Bertz CT molecular complexity index is 875. The predicted octanol–water partition coefficient (Wildman–Crippen LogP) is 0.975. The van der Waals surface area contributed by atoms with E-state index in [9.17, 15) is 13.2 Å². The van der Waals surface area contributed by atoms with Crippen LogP contribution in [0.25, 0.3) is 0 Å². The van der Waals surface area contributed by atoms with Crippen LogP contribution in [-0.2, 0) is 15.0 Å². The van der Waals surface area contributed by atoms with Gasteiger partial charge in [-0.15, -0.1) is 0 Å². The van der Waals surface area contributed by atoms with Gasteiger partial charge in [0.25, 0.3) is 16.1 Å². The van der Waals surface area contributed by atoms with Gasteiger partial charge in [-0.05, 0) is 51.0 Å². The maximum Gasteiger partial charge on any atom is 0.276 e. The second-order valence-electron chi connectivity index (χ2n) is 6.59. The molecule has 0 unspecified atom stereocenters. The monoisotopic (exact) mass is 421 g/mol. The summed E-state index contributed by atoms with van der Waals surface area (Å²) in [6.45, 7) is 7.14. The fourth-order valence-electron chi connectivity index (χ4n) is 2.99. The lowest BCUT2D eigenvalue weighted by atomic mass is 9.94. The third-order valence-electron chi connectivity index (χ3n) is 4.51. The molecule has 11 heteroatoms. The molecule has 2 heterocycles. The van der Waals surface area contributed by atoms with Crippen LogP contribution in [0.3, 0.4) is 0 Å². The van der Waals surface area contributed by atoms with Crippen molar-refractivity contribution in [3.63, 3.8) is 0 Å². The van der Waals surface area contributed by atoms with Crippen LogP contribution in [0.2, 0.25) is 0 Å². The van der Waals surface area contributed by atoms with E-state index in [-0.39, 0.29) is 11.6 Å². The van der Waals surface area contributed by atoms with Crippen molar-refractivity contribution in [2.45, 2.75) is 26.2 Å². The highest BCUT2D eigenvalue weighted by Crippen LogP contribution is 2.24. The maximum absolute atomic E-state index is 12.3. The molecule has 0 saturated carbocycles. The van der Waals surface area contributed by atoms with Gasteiger partial charge in [0, 0.05) is 25.8 Å². The van der Waals surface area contributed by atoms with E-state index in [1.165, 1.54) is 0 Å². The average molecular weight is 422 g/mol. The number of rotatable bonds is 9. The molecule has 4 N–H and O–H groups in total. The fraction of sp³-hybridized carbons (Fsp3) is 0.444. The maximum atomic E-state index is 12.3. The lowest BCUT2D eigenvalue weighted by Crippen LogP contribution is -2.37. The van der Waals surface area contributed by atoms with Gasteiger partial charge in [0.1, 0.15) is 11.5 Å². The van der Waals surface area contributed by atoms with E-state index in [2.05, 4.69) is 36.6 Å². The smallest absolute Gasteiger partial charge is 0.276 e. The van der Waals surface area contributed by atoms with Crippen molar-refractivity contribution < 1.29 is 13.2 Å². The Balaban J connectivity index is 1.91. The number of aliphatic imine (C=N–C) groups is 1. The first-order chi connectivity index (χ1) is 13.8. The molecular weight excluding hydrogens is 394 g/mol. The number of amides is 1. The molecule has 0 atom stereocenters. The van der Waals surface area contributed by atoms with E-state index < -0.39 is 16.1 Å². The summed E-state index contributed by atoms with van der Waals surface area (Å²) in [5, 5.41) is 7.57. The SMILES string of the molecule is C=N/C(=C\C=C/C)C(=O)Nc1nccc(N2CCC(CCNS(N)(=O)=O)CC2)n1. The summed E-state index contributed by atoms with van der Waals surface area (Å²) in [5.74, 6) is 0.903. The number of carbonyl (C=O) groups excluding carboxylic acids is 1. The third kappa shape index (κ3) is 7.72. The molecule has 0 aromatic carbocycles. The molecule has 1 aliphatic heterocycles. The number of hydrogen-bond donors (Lipinski definition) is 3. The van der Waals surface area contributed by atoms with Crippen molar-refractivity contribution in [2.24, 2.45) is 16.0 Å². The number of piperidine rings is 1. The normalized spacial score (nSPS) is 16.2. The lowest BCUT2D eigenvalue weighted by Gasteiger charge is -2.32. The first-order valence-corrected chi connectivity index (χ1v) is 10.8. The van der Waals surface area contributed by atoms with E-state index in [1.54, 1.807) is 30.5 Å². The Morgan fingerprint density at radius 3 is 2.79 bits per heavy atom. The zero-order chi connectivity index (χ0) is 21.3. The highest BCUT2D eigenvalue weighted by molar-refractivity contribution is 7.87. The van der Waals surface area contributed by atoms with Crippen molar-refractivity contribution in [1.29, 1.82) is 0 Å². The van der Waals surface area contributed by atoms with Crippen molar-refractivity contribution in [3.05, 3.63) is 36.2 Å². The van der Waals surface area contributed by atoms with Gasteiger partial charge in [0.05, 0.1) is 0 Å².